The van der Waals surface area contributed by atoms with Crippen LogP contribution in [0, 0.1) is 5.92 Å². The lowest BCUT2D eigenvalue weighted by molar-refractivity contribution is -0.130. The van der Waals surface area contributed by atoms with Gasteiger partial charge in [-0.1, -0.05) is 0 Å². The van der Waals surface area contributed by atoms with Crippen molar-refractivity contribution in [1.82, 2.24) is 19.8 Å². The van der Waals surface area contributed by atoms with E-state index in [1.54, 1.807) is 6.07 Å². The lowest BCUT2D eigenvalue weighted by Crippen LogP contribution is -2.61. The molecule has 3 heterocycles. The predicted molar refractivity (Wildman–Crippen MR) is 102 cm³/mol. The van der Waals surface area contributed by atoms with Crippen molar-refractivity contribution < 1.29 is 4.79 Å². The Labute approximate surface area is 154 Å². The number of carbonyl (C=O) groups is 1. The molecule has 26 heavy (non-hydrogen) atoms. The number of carbonyl (C=O) groups excluding carboxylic acids is 1. The van der Waals surface area contributed by atoms with E-state index in [2.05, 4.69) is 31.7 Å². The molecule has 0 unspecified atom stereocenters. The average molecular weight is 359 g/mol. The minimum atomic E-state index is -0.0132. The number of aromatic nitrogens is 2. The van der Waals surface area contributed by atoms with E-state index in [1.807, 2.05) is 0 Å². The third-order valence-corrected chi connectivity index (χ3v) is 6.25. The van der Waals surface area contributed by atoms with E-state index >= 15 is 0 Å². The normalized spacial score (nSPS) is 27.8. The fraction of sp³-hybridized carbons (Fsp3) is 0.722. The van der Waals surface area contributed by atoms with E-state index in [0.29, 0.717) is 18.1 Å². The molecular weight excluding hydrogens is 330 g/mol. The topological polar surface area (TPSA) is 105 Å². The van der Waals surface area contributed by atoms with Crippen molar-refractivity contribution in [3.63, 3.8) is 0 Å². The standard InChI is InChI=1S/C18H29N7O/c1-23-8-9-25(15-10-14(19)21-17(20)22-15)12-18(23)5-4-16(26)24(7-6-18)11-13-2-3-13/h10,13H,2-9,11-12H2,1H3,(H4,19,20,21,22)/t18-/m1/s1. The molecule has 0 bridgehead atoms. The first-order valence-electron chi connectivity index (χ1n) is 9.59. The molecule has 8 nitrogen and oxygen atoms in total. The molecule has 1 aromatic heterocycles. The average Bonchev–Trinajstić information content (AvgIpc) is 3.42. The molecule has 1 saturated carbocycles. The quantitative estimate of drug-likeness (QED) is 0.812. The molecule has 2 aliphatic heterocycles. The molecular formula is C18H29N7O. The molecule has 3 fully saturated rings. The van der Waals surface area contributed by atoms with Crippen LogP contribution in [0.5, 0.6) is 0 Å². The summed E-state index contributed by atoms with van der Waals surface area (Å²) in [5, 5.41) is 0. The van der Waals surface area contributed by atoms with Crippen LogP contribution in [0.15, 0.2) is 6.07 Å². The number of anilines is 3. The van der Waals surface area contributed by atoms with Crippen LogP contribution in [0.3, 0.4) is 0 Å². The molecule has 0 radical (unpaired) electrons. The zero-order valence-electron chi connectivity index (χ0n) is 15.5. The SMILES string of the molecule is CN1CCN(c2cc(N)nc(N)n2)C[C@]12CCC(=O)N(CC1CC1)CC2. The lowest BCUT2D eigenvalue weighted by Gasteiger charge is -2.49. The van der Waals surface area contributed by atoms with Gasteiger partial charge in [-0.3, -0.25) is 9.69 Å². The summed E-state index contributed by atoms with van der Waals surface area (Å²) in [7, 11) is 2.18. The highest BCUT2D eigenvalue weighted by molar-refractivity contribution is 5.76. The van der Waals surface area contributed by atoms with Crippen molar-refractivity contribution in [3.8, 4) is 0 Å². The molecule has 1 aromatic rings. The molecule has 1 spiro atoms. The second-order valence-corrected chi connectivity index (χ2v) is 8.11. The van der Waals surface area contributed by atoms with Crippen LogP contribution in [-0.4, -0.2) is 71.0 Å². The number of likely N-dealkylation sites (N-methyl/N-ethyl adjacent to an activating group) is 1. The Balaban J connectivity index is 1.52. The van der Waals surface area contributed by atoms with Gasteiger partial charge in [0.1, 0.15) is 11.6 Å². The Morgan fingerprint density at radius 3 is 2.73 bits per heavy atom. The van der Waals surface area contributed by atoms with Crippen molar-refractivity contribution in [3.05, 3.63) is 6.07 Å². The zero-order chi connectivity index (χ0) is 18.3. The van der Waals surface area contributed by atoms with Crippen molar-refractivity contribution in [2.75, 3.05) is 56.1 Å². The number of nitrogens with zero attached hydrogens (tertiary/aromatic N) is 5. The summed E-state index contributed by atoms with van der Waals surface area (Å²) in [6.07, 6.45) is 5.06. The summed E-state index contributed by atoms with van der Waals surface area (Å²) >= 11 is 0. The summed E-state index contributed by atoms with van der Waals surface area (Å²) < 4.78 is 0. The molecule has 8 heteroatoms. The van der Waals surface area contributed by atoms with E-state index in [-0.39, 0.29) is 11.5 Å². The van der Waals surface area contributed by atoms with Gasteiger partial charge in [-0.2, -0.15) is 9.97 Å². The molecule has 4 N–H and O–H groups in total. The largest absolute Gasteiger partial charge is 0.383 e. The Morgan fingerprint density at radius 1 is 1.19 bits per heavy atom. The fourth-order valence-corrected chi connectivity index (χ4v) is 4.33. The van der Waals surface area contributed by atoms with Crippen LogP contribution in [0.2, 0.25) is 0 Å². The van der Waals surface area contributed by atoms with Crippen LogP contribution in [0.25, 0.3) is 0 Å². The minimum absolute atomic E-state index is 0.0132. The summed E-state index contributed by atoms with van der Waals surface area (Å²) in [4.78, 5) is 27.7. The van der Waals surface area contributed by atoms with Gasteiger partial charge < -0.3 is 21.3 Å². The second-order valence-electron chi connectivity index (χ2n) is 8.11. The van der Waals surface area contributed by atoms with E-state index < -0.39 is 0 Å². The number of nitrogen functional groups attached to an aromatic ring is 2. The number of likely N-dealkylation sites (tertiary alicyclic amines) is 1. The third kappa shape index (κ3) is 3.42. The van der Waals surface area contributed by atoms with Gasteiger partial charge >= 0.3 is 0 Å². The van der Waals surface area contributed by atoms with Gasteiger partial charge in [0.05, 0.1) is 0 Å². The lowest BCUT2D eigenvalue weighted by atomic mass is 9.86. The number of rotatable bonds is 3. The first-order valence-corrected chi connectivity index (χ1v) is 9.59. The number of piperazine rings is 1. The van der Waals surface area contributed by atoms with Crippen LogP contribution >= 0.6 is 0 Å². The van der Waals surface area contributed by atoms with Crippen LogP contribution in [0.1, 0.15) is 32.1 Å². The monoisotopic (exact) mass is 359 g/mol. The Bertz CT molecular complexity index is 672. The summed E-state index contributed by atoms with van der Waals surface area (Å²) in [6.45, 7) is 4.43. The zero-order valence-corrected chi connectivity index (χ0v) is 15.5. The Kier molecular flexibility index (Phi) is 4.38. The van der Waals surface area contributed by atoms with Gasteiger partial charge in [-0.15, -0.1) is 0 Å². The Morgan fingerprint density at radius 2 is 2.00 bits per heavy atom. The maximum atomic E-state index is 12.6. The van der Waals surface area contributed by atoms with Gasteiger partial charge in [0.25, 0.3) is 0 Å². The number of hydrogen-bond donors (Lipinski definition) is 2. The molecule has 1 atom stereocenters. The van der Waals surface area contributed by atoms with Gasteiger partial charge in [0, 0.05) is 50.7 Å². The molecule has 3 aliphatic rings. The van der Waals surface area contributed by atoms with Crippen LogP contribution in [-0.2, 0) is 4.79 Å². The minimum Gasteiger partial charge on any atom is -0.383 e. The predicted octanol–water partition coefficient (Wildman–Crippen LogP) is 0.554. The molecule has 1 aliphatic carbocycles. The van der Waals surface area contributed by atoms with E-state index in [4.69, 9.17) is 11.5 Å². The van der Waals surface area contributed by atoms with Gasteiger partial charge in [-0.25, -0.2) is 0 Å². The van der Waals surface area contributed by atoms with Crippen molar-refractivity contribution in [2.45, 2.75) is 37.6 Å². The van der Waals surface area contributed by atoms with Gasteiger partial charge in [0.15, 0.2) is 0 Å². The van der Waals surface area contributed by atoms with E-state index in [9.17, 15) is 4.79 Å². The Hall–Kier alpha value is -2.09. The highest BCUT2D eigenvalue weighted by Gasteiger charge is 2.43. The third-order valence-electron chi connectivity index (χ3n) is 6.25. The van der Waals surface area contributed by atoms with Crippen LogP contribution in [0.4, 0.5) is 17.6 Å². The summed E-state index contributed by atoms with van der Waals surface area (Å²) in [5.74, 6) is 2.44. The van der Waals surface area contributed by atoms with E-state index in [1.165, 1.54) is 12.8 Å². The molecule has 0 aromatic carbocycles. The van der Waals surface area contributed by atoms with Crippen LogP contribution < -0.4 is 16.4 Å². The van der Waals surface area contributed by atoms with Gasteiger partial charge in [-0.05, 0) is 38.6 Å². The first kappa shape index (κ1) is 17.3. The van der Waals surface area contributed by atoms with E-state index in [0.717, 1.165) is 57.3 Å². The molecule has 142 valence electrons. The highest BCUT2D eigenvalue weighted by Crippen LogP contribution is 2.36. The highest BCUT2D eigenvalue weighted by atomic mass is 16.2. The number of amides is 1. The molecule has 1 amide bonds. The van der Waals surface area contributed by atoms with Crippen molar-refractivity contribution >= 4 is 23.5 Å². The fourth-order valence-electron chi connectivity index (χ4n) is 4.33. The van der Waals surface area contributed by atoms with Crippen molar-refractivity contribution in [1.29, 1.82) is 0 Å². The maximum Gasteiger partial charge on any atom is 0.223 e. The number of nitrogens with two attached hydrogens (primary N) is 2. The number of hydrogen-bond acceptors (Lipinski definition) is 7. The summed E-state index contributed by atoms with van der Waals surface area (Å²) in [5.41, 5.74) is 11.6. The maximum absolute atomic E-state index is 12.6. The summed E-state index contributed by atoms with van der Waals surface area (Å²) in [6, 6.07) is 1.79. The molecule has 4 rings (SSSR count). The second kappa shape index (κ2) is 6.57. The smallest absolute Gasteiger partial charge is 0.223 e. The van der Waals surface area contributed by atoms with Crippen molar-refractivity contribution in [2.24, 2.45) is 5.92 Å². The van der Waals surface area contributed by atoms with Gasteiger partial charge in [0.2, 0.25) is 11.9 Å². The first-order chi connectivity index (χ1) is 12.4. The molecule has 2 saturated heterocycles.